The Balaban J connectivity index is 2.86. The van der Waals surface area contributed by atoms with Crippen molar-refractivity contribution in [1.29, 1.82) is 0 Å². The summed E-state index contributed by atoms with van der Waals surface area (Å²) in [5.74, 6) is -4.69. The predicted octanol–water partition coefficient (Wildman–Crippen LogP) is -0.252. The van der Waals surface area contributed by atoms with Crippen molar-refractivity contribution in [2.45, 2.75) is 32.2 Å². The molecular weight excluding hydrogens is 252 g/mol. The molecule has 1 rings (SSSR count). The van der Waals surface area contributed by atoms with Gasteiger partial charge in [-0.1, -0.05) is 6.92 Å². The van der Waals surface area contributed by atoms with E-state index in [2.05, 4.69) is 0 Å². The molecule has 0 radical (unpaired) electrons. The van der Waals surface area contributed by atoms with Gasteiger partial charge < -0.3 is 20.8 Å². The number of nitrogens with zero attached hydrogens (tertiary/aromatic N) is 1. The van der Waals surface area contributed by atoms with E-state index in [0.717, 1.165) is 0 Å². The smallest absolute Gasteiger partial charge is 0.309 e. The fraction of sp³-hybridized carbons (Fsp3) is 0.750. The fourth-order valence-corrected chi connectivity index (χ4v) is 2.19. The topological polar surface area (TPSA) is 121 Å². The van der Waals surface area contributed by atoms with Gasteiger partial charge in [0.1, 0.15) is 0 Å². The normalized spacial score (nSPS) is 26.6. The number of carbonyl (C=O) groups excluding carboxylic acids is 1. The van der Waals surface area contributed by atoms with Crippen molar-refractivity contribution in [3.05, 3.63) is 0 Å². The van der Waals surface area contributed by atoms with Gasteiger partial charge in [-0.05, 0) is 19.8 Å². The zero-order chi connectivity index (χ0) is 14.8. The van der Waals surface area contributed by atoms with Crippen molar-refractivity contribution in [2.24, 2.45) is 17.6 Å². The highest BCUT2D eigenvalue weighted by Gasteiger charge is 2.42. The number of nitrogens with two attached hydrogens (primary N) is 1. The van der Waals surface area contributed by atoms with Crippen molar-refractivity contribution in [2.75, 3.05) is 13.1 Å². The molecule has 4 N–H and O–H groups in total. The lowest BCUT2D eigenvalue weighted by Gasteiger charge is -2.38. The molecular formula is C12H20N2O5. The van der Waals surface area contributed by atoms with Crippen LogP contribution in [0.3, 0.4) is 0 Å². The van der Waals surface area contributed by atoms with E-state index in [-0.39, 0.29) is 25.4 Å². The molecule has 7 heteroatoms. The predicted molar refractivity (Wildman–Crippen MR) is 66.3 cm³/mol. The Morgan fingerprint density at radius 3 is 2.21 bits per heavy atom. The van der Waals surface area contributed by atoms with Crippen molar-refractivity contribution in [1.82, 2.24) is 4.90 Å². The minimum atomic E-state index is -1.19. The fourth-order valence-electron chi connectivity index (χ4n) is 2.19. The van der Waals surface area contributed by atoms with Gasteiger partial charge in [-0.3, -0.25) is 14.4 Å². The third kappa shape index (κ3) is 3.23. The van der Waals surface area contributed by atoms with Crippen molar-refractivity contribution in [3.8, 4) is 0 Å². The van der Waals surface area contributed by atoms with Crippen LogP contribution < -0.4 is 5.73 Å². The lowest BCUT2D eigenvalue weighted by Crippen LogP contribution is -2.57. The molecule has 1 fully saturated rings. The van der Waals surface area contributed by atoms with E-state index < -0.39 is 29.3 Å². The highest BCUT2D eigenvalue weighted by Crippen LogP contribution is 2.26. The molecule has 1 amide bonds. The van der Waals surface area contributed by atoms with Crippen LogP contribution in [0.15, 0.2) is 0 Å². The Kier molecular flexibility index (Phi) is 4.52. The molecule has 0 aliphatic carbocycles. The first-order valence-electron chi connectivity index (χ1n) is 6.24. The third-order valence-electron chi connectivity index (χ3n) is 3.76. The van der Waals surface area contributed by atoms with Crippen LogP contribution in [0.1, 0.15) is 26.7 Å². The van der Waals surface area contributed by atoms with Crippen molar-refractivity contribution in [3.63, 3.8) is 0 Å². The molecule has 0 aromatic carbocycles. The van der Waals surface area contributed by atoms with Crippen LogP contribution in [-0.4, -0.2) is 51.6 Å². The summed E-state index contributed by atoms with van der Waals surface area (Å²) in [6.07, 6.45) is 0.570. The molecule has 19 heavy (non-hydrogen) atoms. The molecule has 0 bridgehead atoms. The Bertz CT molecular complexity index is 394. The average molecular weight is 272 g/mol. The number of amides is 1. The Labute approximate surface area is 111 Å². The monoisotopic (exact) mass is 272 g/mol. The molecule has 1 saturated heterocycles. The summed E-state index contributed by atoms with van der Waals surface area (Å²) in [6, 6.07) is 0. The summed E-state index contributed by atoms with van der Waals surface area (Å²) < 4.78 is 0. The molecule has 1 heterocycles. The first kappa shape index (κ1) is 15.4. The summed E-state index contributed by atoms with van der Waals surface area (Å²) in [4.78, 5) is 35.7. The van der Waals surface area contributed by atoms with Crippen LogP contribution in [-0.2, 0) is 14.4 Å². The van der Waals surface area contributed by atoms with E-state index in [4.69, 9.17) is 15.9 Å². The van der Waals surface area contributed by atoms with Gasteiger partial charge >= 0.3 is 11.9 Å². The van der Waals surface area contributed by atoms with E-state index in [0.29, 0.717) is 6.42 Å². The average Bonchev–Trinajstić information content (AvgIpc) is 2.36. The van der Waals surface area contributed by atoms with Crippen LogP contribution >= 0.6 is 0 Å². The highest BCUT2D eigenvalue weighted by molar-refractivity contribution is 5.87. The number of hydrogen-bond donors (Lipinski definition) is 3. The van der Waals surface area contributed by atoms with E-state index in [1.54, 1.807) is 13.8 Å². The minimum Gasteiger partial charge on any atom is -0.481 e. The summed E-state index contributed by atoms with van der Waals surface area (Å²) in [6.45, 7) is 3.50. The lowest BCUT2D eigenvalue weighted by atomic mass is 9.84. The van der Waals surface area contributed by atoms with Crippen LogP contribution in [0.5, 0.6) is 0 Å². The highest BCUT2D eigenvalue weighted by atomic mass is 16.4. The molecule has 7 nitrogen and oxygen atoms in total. The number of aliphatic carboxylic acids is 2. The number of carboxylic acid groups (broad SMARTS) is 2. The first-order valence-corrected chi connectivity index (χ1v) is 6.24. The van der Waals surface area contributed by atoms with Crippen LogP contribution in [0.25, 0.3) is 0 Å². The van der Waals surface area contributed by atoms with Crippen LogP contribution in [0.4, 0.5) is 0 Å². The second-order valence-electron chi connectivity index (χ2n) is 5.20. The standard InChI is InChI=1S/C12H20N2O5/c1-3-12(2,13)11(19)14-5-4-7(9(15)16)8(6-14)10(17)18/h7-8H,3-6,13H2,1-2H3,(H,15,16)(H,17,18). The maximum absolute atomic E-state index is 12.2. The maximum Gasteiger partial charge on any atom is 0.309 e. The van der Waals surface area contributed by atoms with E-state index in [1.807, 2.05) is 0 Å². The van der Waals surface area contributed by atoms with E-state index in [9.17, 15) is 14.4 Å². The quantitative estimate of drug-likeness (QED) is 0.648. The van der Waals surface area contributed by atoms with Gasteiger partial charge in [-0.25, -0.2) is 0 Å². The maximum atomic E-state index is 12.2. The van der Waals surface area contributed by atoms with Gasteiger partial charge in [0.2, 0.25) is 5.91 Å². The van der Waals surface area contributed by atoms with E-state index >= 15 is 0 Å². The Morgan fingerprint density at radius 1 is 1.26 bits per heavy atom. The second kappa shape index (κ2) is 5.56. The molecule has 0 spiro atoms. The van der Waals surface area contributed by atoms with Crippen molar-refractivity contribution >= 4 is 17.8 Å². The summed E-state index contributed by atoms with van der Waals surface area (Å²) >= 11 is 0. The van der Waals surface area contributed by atoms with Gasteiger partial charge in [0.15, 0.2) is 0 Å². The zero-order valence-electron chi connectivity index (χ0n) is 11.1. The first-order chi connectivity index (χ1) is 8.70. The lowest BCUT2D eigenvalue weighted by molar-refractivity contribution is -0.160. The number of rotatable bonds is 4. The molecule has 1 aliphatic rings. The SMILES string of the molecule is CCC(C)(N)C(=O)N1CCC(C(=O)O)C(C(=O)O)C1. The summed E-state index contributed by atoms with van der Waals surface area (Å²) in [5, 5.41) is 18.1. The van der Waals surface area contributed by atoms with Gasteiger partial charge in [-0.15, -0.1) is 0 Å². The molecule has 1 aliphatic heterocycles. The Hall–Kier alpha value is -1.63. The molecule has 0 aromatic rings. The molecule has 0 saturated carbocycles. The Morgan fingerprint density at radius 2 is 1.79 bits per heavy atom. The molecule has 3 unspecified atom stereocenters. The minimum absolute atomic E-state index is 0.0993. The number of likely N-dealkylation sites (tertiary alicyclic amines) is 1. The number of carboxylic acids is 2. The number of hydrogen-bond acceptors (Lipinski definition) is 4. The van der Waals surface area contributed by atoms with E-state index in [1.165, 1.54) is 4.90 Å². The zero-order valence-corrected chi connectivity index (χ0v) is 11.1. The largest absolute Gasteiger partial charge is 0.481 e. The molecule has 3 atom stereocenters. The summed E-state index contributed by atoms with van der Waals surface area (Å²) in [5.41, 5.74) is 4.81. The number of carbonyl (C=O) groups is 3. The second-order valence-corrected chi connectivity index (χ2v) is 5.20. The van der Waals surface area contributed by atoms with Gasteiger partial charge in [0.05, 0.1) is 17.4 Å². The third-order valence-corrected chi connectivity index (χ3v) is 3.76. The summed E-state index contributed by atoms with van der Waals surface area (Å²) in [7, 11) is 0. The van der Waals surface area contributed by atoms with Crippen molar-refractivity contribution < 1.29 is 24.6 Å². The molecule has 108 valence electrons. The van der Waals surface area contributed by atoms with Crippen LogP contribution in [0, 0.1) is 11.8 Å². The van der Waals surface area contributed by atoms with Gasteiger partial charge in [0.25, 0.3) is 0 Å². The molecule has 0 aromatic heterocycles. The van der Waals surface area contributed by atoms with Gasteiger partial charge in [-0.2, -0.15) is 0 Å². The van der Waals surface area contributed by atoms with Gasteiger partial charge in [0, 0.05) is 13.1 Å². The number of piperidine rings is 1. The van der Waals surface area contributed by atoms with Crippen LogP contribution in [0.2, 0.25) is 0 Å².